The van der Waals surface area contributed by atoms with Gasteiger partial charge in [0.1, 0.15) is 0 Å². The molecule has 1 rings (SSSR count). The predicted molar refractivity (Wildman–Crippen MR) is 67.4 cm³/mol. The second-order valence-corrected chi connectivity index (χ2v) is 5.02. The van der Waals surface area contributed by atoms with Crippen molar-refractivity contribution >= 4 is 5.91 Å². The van der Waals surface area contributed by atoms with Crippen LogP contribution in [0, 0.1) is 0 Å². The van der Waals surface area contributed by atoms with Crippen molar-refractivity contribution in [2.45, 2.75) is 65.0 Å². The fourth-order valence-corrected chi connectivity index (χ4v) is 2.22. The summed E-state index contributed by atoms with van der Waals surface area (Å²) in [5.74, 6) is 0.344. The Bertz CT molecular complexity index is 218. The van der Waals surface area contributed by atoms with Crippen LogP contribution >= 0.6 is 0 Å². The van der Waals surface area contributed by atoms with Gasteiger partial charge in [-0.15, -0.1) is 0 Å². The van der Waals surface area contributed by atoms with Gasteiger partial charge in [-0.25, -0.2) is 0 Å². The highest BCUT2D eigenvalue weighted by Crippen LogP contribution is 2.11. The number of carbonyl (C=O) groups is 1. The van der Waals surface area contributed by atoms with Gasteiger partial charge in [-0.3, -0.25) is 4.79 Å². The van der Waals surface area contributed by atoms with Crippen molar-refractivity contribution in [3.8, 4) is 0 Å². The summed E-state index contributed by atoms with van der Waals surface area (Å²) in [6.07, 6.45) is 5.46. The van der Waals surface area contributed by atoms with Gasteiger partial charge in [0.15, 0.2) is 0 Å². The van der Waals surface area contributed by atoms with E-state index in [9.17, 15) is 4.79 Å². The van der Waals surface area contributed by atoms with Gasteiger partial charge < -0.3 is 10.2 Å². The summed E-state index contributed by atoms with van der Waals surface area (Å²) in [7, 11) is 0. The summed E-state index contributed by atoms with van der Waals surface area (Å²) in [6, 6.07) is 0.797. The van der Waals surface area contributed by atoms with E-state index in [2.05, 4.69) is 26.1 Å². The van der Waals surface area contributed by atoms with Gasteiger partial charge in [0.25, 0.3) is 0 Å². The Morgan fingerprint density at radius 3 is 2.75 bits per heavy atom. The second kappa shape index (κ2) is 6.89. The number of carbonyl (C=O) groups excluding carboxylic acids is 1. The van der Waals surface area contributed by atoms with Crippen molar-refractivity contribution in [3.05, 3.63) is 0 Å². The van der Waals surface area contributed by atoms with Gasteiger partial charge in [0.05, 0.1) is 0 Å². The first-order valence-electron chi connectivity index (χ1n) is 6.68. The van der Waals surface area contributed by atoms with Crippen LogP contribution in [0.25, 0.3) is 0 Å². The minimum Gasteiger partial charge on any atom is -0.337 e. The first kappa shape index (κ1) is 13.5. The van der Waals surface area contributed by atoms with Gasteiger partial charge >= 0.3 is 0 Å². The highest BCUT2D eigenvalue weighted by atomic mass is 16.2. The molecule has 1 aliphatic rings. The van der Waals surface area contributed by atoms with Crippen LogP contribution < -0.4 is 5.32 Å². The van der Waals surface area contributed by atoms with Crippen molar-refractivity contribution in [3.63, 3.8) is 0 Å². The lowest BCUT2D eigenvalue weighted by atomic mass is 10.1. The van der Waals surface area contributed by atoms with E-state index in [1.54, 1.807) is 0 Å². The Kier molecular flexibility index (Phi) is 5.81. The van der Waals surface area contributed by atoms with Gasteiger partial charge in [-0.05, 0) is 20.3 Å². The SMILES string of the molecule is CCCCCCC(=O)N1CC(C)NCC1C. The fraction of sp³-hybridized carbons (Fsp3) is 0.923. The Labute approximate surface area is 99.6 Å². The van der Waals surface area contributed by atoms with Crippen molar-refractivity contribution < 1.29 is 4.79 Å². The summed E-state index contributed by atoms with van der Waals surface area (Å²) in [5, 5.41) is 3.40. The maximum absolute atomic E-state index is 12.0. The molecule has 94 valence electrons. The maximum Gasteiger partial charge on any atom is 0.222 e. The van der Waals surface area contributed by atoms with Gasteiger partial charge in [-0.1, -0.05) is 26.2 Å². The number of hydrogen-bond donors (Lipinski definition) is 1. The average molecular weight is 226 g/mol. The summed E-state index contributed by atoms with van der Waals surface area (Å²) in [5.41, 5.74) is 0. The van der Waals surface area contributed by atoms with Crippen molar-refractivity contribution in [2.75, 3.05) is 13.1 Å². The lowest BCUT2D eigenvalue weighted by Crippen LogP contribution is -2.56. The van der Waals surface area contributed by atoms with Crippen LogP contribution in [0.2, 0.25) is 0 Å². The van der Waals surface area contributed by atoms with Crippen LogP contribution in [0.1, 0.15) is 52.9 Å². The quantitative estimate of drug-likeness (QED) is 0.729. The van der Waals surface area contributed by atoms with E-state index in [-0.39, 0.29) is 0 Å². The van der Waals surface area contributed by atoms with Crippen LogP contribution in [-0.4, -0.2) is 36.0 Å². The minimum absolute atomic E-state index is 0.344. The van der Waals surface area contributed by atoms with Crippen LogP contribution in [0.15, 0.2) is 0 Å². The lowest BCUT2D eigenvalue weighted by Gasteiger charge is -2.37. The molecule has 3 nitrogen and oxygen atoms in total. The number of amides is 1. The molecule has 0 saturated carbocycles. The zero-order valence-electron chi connectivity index (χ0n) is 11.0. The van der Waals surface area contributed by atoms with E-state index in [4.69, 9.17) is 0 Å². The molecule has 0 spiro atoms. The third-order valence-electron chi connectivity index (χ3n) is 3.33. The van der Waals surface area contributed by atoms with Crippen LogP contribution in [-0.2, 0) is 4.79 Å². The molecular formula is C13H26N2O. The summed E-state index contributed by atoms with van der Waals surface area (Å²) >= 11 is 0. The minimum atomic E-state index is 0.344. The molecule has 0 radical (unpaired) electrons. The largest absolute Gasteiger partial charge is 0.337 e. The molecule has 0 aliphatic carbocycles. The number of unbranched alkanes of at least 4 members (excludes halogenated alkanes) is 3. The molecule has 16 heavy (non-hydrogen) atoms. The van der Waals surface area contributed by atoms with Crippen LogP contribution in [0.4, 0.5) is 0 Å². The zero-order valence-corrected chi connectivity index (χ0v) is 11.0. The molecule has 0 aromatic rings. The number of rotatable bonds is 5. The van der Waals surface area contributed by atoms with Gasteiger partial charge in [0, 0.05) is 31.6 Å². The summed E-state index contributed by atoms with van der Waals surface area (Å²) < 4.78 is 0. The molecule has 2 unspecified atom stereocenters. The molecule has 2 atom stereocenters. The first-order valence-corrected chi connectivity index (χ1v) is 6.68. The Hall–Kier alpha value is -0.570. The van der Waals surface area contributed by atoms with E-state index in [1.165, 1.54) is 19.3 Å². The Balaban J connectivity index is 2.28. The molecule has 1 heterocycles. The van der Waals surface area contributed by atoms with Crippen molar-refractivity contribution in [2.24, 2.45) is 0 Å². The van der Waals surface area contributed by atoms with E-state index in [1.807, 2.05) is 4.90 Å². The van der Waals surface area contributed by atoms with E-state index in [0.29, 0.717) is 18.0 Å². The Morgan fingerprint density at radius 2 is 2.06 bits per heavy atom. The van der Waals surface area contributed by atoms with E-state index in [0.717, 1.165) is 25.9 Å². The molecule has 1 fully saturated rings. The molecule has 0 aromatic heterocycles. The molecule has 0 bridgehead atoms. The van der Waals surface area contributed by atoms with Gasteiger partial charge in [-0.2, -0.15) is 0 Å². The third kappa shape index (κ3) is 4.12. The van der Waals surface area contributed by atoms with Crippen molar-refractivity contribution in [1.29, 1.82) is 0 Å². The number of hydrogen-bond acceptors (Lipinski definition) is 2. The topological polar surface area (TPSA) is 32.3 Å². The zero-order chi connectivity index (χ0) is 12.0. The number of piperazine rings is 1. The van der Waals surface area contributed by atoms with E-state index >= 15 is 0 Å². The Morgan fingerprint density at radius 1 is 1.31 bits per heavy atom. The second-order valence-electron chi connectivity index (χ2n) is 5.02. The molecule has 1 aliphatic heterocycles. The summed E-state index contributed by atoms with van der Waals surface area (Å²) in [4.78, 5) is 14.1. The molecule has 3 heteroatoms. The van der Waals surface area contributed by atoms with Crippen LogP contribution in [0.3, 0.4) is 0 Å². The highest BCUT2D eigenvalue weighted by molar-refractivity contribution is 5.76. The monoisotopic (exact) mass is 226 g/mol. The smallest absolute Gasteiger partial charge is 0.222 e. The molecule has 1 saturated heterocycles. The number of nitrogens with one attached hydrogen (secondary N) is 1. The standard InChI is InChI=1S/C13H26N2O/c1-4-5-6-7-8-13(16)15-10-11(2)14-9-12(15)3/h11-12,14H,4-10H2,1-3H3. The van der Waals surface area contributed by atoms with Gasteiger partial charge in [0.2, 0.25) is 5.91 Å². The molecule has 1 amide bonds. The van der Waals surface area contributed by atoms with Crippen molar-refractivity contribution in [1.82, 2.24) is 10.2 Å². The molecular weight excluding hydrogens is 200 g/mol. The highest BCUT2D eigenvalue weighted by Gasteiger charge is 2.25. The average Bonchev–Trinajstić information content (AvgIpc) is 2.27. The van der Waals surface area contributed by atoms with E-state index < -0.39 is 0 Å². The summed E-state index contributed by atoms with van der Waals surface area (Å²) in [6.45, 7) is 8.27. The molecule has 1 N–H and O–H groups in total. The normalized spacial score (nSPS) is 25.8. The lowest BCUT2D eigenvalue weighted by molar-refractivity contribution is -0.134. The molecule has 0 aromatic carbocycles. The fourth-order valence-electron chi connectivity index (χ4n) is 2.22. The maximum atomic E-state index is 12.0. The predicted octanol–water partition coefficient (Wildman–Crippen LogP) is 2.17. The first-order chi connectivity index (χ1) is 7.65. The van der Waals surface area contributed by atoms with Crippen LogP contribution in [0.5, 0.6) is 0 Å². The third-order valence-corrected chi connectivity index (χ3v) is 3.33. The number of nitrogens with zero attached hydrogens (tertiary/aromatic N) is 1.